The summed E-state index contributed by atoms with van der Waals surface area (Å²) in [4.78, 5) is 0. The normalized spacial score (nSPS) is 11.1. The molecule has 0 atom stereocenters. The molecule has 2 aromatic rings. The van der Waals surface area contributed by atoms with Crippen molar-refractivity contribution >= 4 is 5.69 Å². The lowest BCUT2D eigenvalue weighted by Crippen LogP contribution is -2.11. The van der Waals surface area contributed by atoms with Gasteiger partial charge in [0.05, 0.1) is 17.2 Å². The summed E-state index contributed by atoms with van der Waals surface area (Å²) in [5.41, 5.74) is 2.89. The number of nitrogens with one attached hydrogen (secondary N) is 1. The molecule has 110 valence electrons. The highest BCUT2D eigenvalue weighted by atomic mass is 15.5. The summed E-state index contributed by atoms with van der Waals surface area (Å²) in [5.74, 6) is 0. The first-order chi connectivity index (χ1) is 10.0. The maximum absolute atomic E-state index is 8.98. The zero-order valence-electron chi connectivity index (χ0n) is 12.7. The number of nitriles is 1. The van der Waals surface area contributed by atoms with E-state index in [4.69, 9.17) is 5.26 Å². The molecule has 1 heterocycles. The number of anilines is 1. The summed E-state index contributed by atoms with van der Waals surface area (Å²) in [6.45, 7) is 6.83. The molecule has 1 aromatic heterocycles. The Hall–Kier alpha value is -2.42. The Kier molecular flexibility index (Phi) is 4.53. The molecule has 0 amide bonds. The van der Waals surface area contributed by atoms with Gasteiger partial charge in [-0.15, -0.1) is 5.10 Å². The number of hydrogen-bond acceptors (Lipinski definition) is 5. The number of rotatable bonds is 6. The van der Waals surface area contributed by atoms with Gasteiger partial charge in [0.15, 0.2) is 0 Å². The molecule has 0 saturated heterocycles. The SMILES string of the molecule is Cc1cc(NCCCC(C)(C)C#N)ccc1-n1cnnn1. The molecule has 21 heavy (non-hydrogen) atoms. The standard InChI is InChI=1S/C15H20N6/c1-12-9-13(17-8-4-7-15(2,3)10-16)5-6-14(12)21-11-18-19-20-21/h5-6,9,11,17H,4,7-8H2,1-3H3. The van der Waals surface area contributed by atoms with E-state index >= 15 is 0 Å². The first-order valence-corrected chi connectivity index (χ1v) is 7.01. The molecular formula is C15H20N6. The Bertz CT molecular complexity index is 624. The van der Waals surface area contributed by atoms with Crippen LogP contribution in [0.2, 0.25) is 0 Å². The van der Waals surface area contributed by atoms with Crippen LogP contribution in [0.4, 0.5) is 5.69 Å². The van der Waals surface area contributed by atoms with E-state index in [1.54, 1.807) is 11.0 Å². The Morgan fingerprint density at radius 3 is 2.81 bits per heavy atom. The van der Waals surface area contributed by atoms with Gasteiger partial charge in [-0.1, -0.05) is 0 Å². The lowest BCUT2D eigenvalue weighted by Gasteiger charge is -2.15. The van der Waals surface area contributed by atoms with Crippen LogP contribution in [0.25, 0.3) is 5.69 Å². The van der Waals surface area contributed by atoms with E-state index < -0.39 is 0 Å². The first kappa shape index (κ1) is 15.0. The van der Waals surface area contributed by atoms with Crippen molar-refractivity contribution in [3.63, 3.8) is 0 Å². The highest BCUT2D eigenvalue weighted by Crippen LogP contribution is 2.21. The van der Waals surface area contributed by atoms with Crippen molar-refractivity contribution in [2.24, 2.45) is 5.41 Å². The van der Waals surface area contributed by atoms with Crippen LogP contribution in [-0.2, 0) is 0 Å². The van der Waals surface area contributed by atoms with E-state index in [-0.39, 0.29) is 5.41 Å². The molecule has 1 aromatic carbocycles. The molecule has 2 rings (SSSR count). The molecule has 6 nitrogen and oxygen atoms in total. The fourth-order valence-corrected chi connectivity index (χ4v) is 2.11. The Morgan fingerprint density at radius 1 is 1.38 bits per heavy atom. The average Bonchev–Trinajstić information content (AvgIpc) is 2.98. The van der Waals surface area contributed by atoms with Gasteiger partial charge in [-0.2, -0.15) is 5.26 Å². The van der Waals surface area contributed by atoms with E-state index in [1.165, 1.54) is 0 Å². The molecule has 6 heteroatoms. The molecule has 0 unspecified atom stereocenters. The third kappa shape index (κ3) is 4.02. The zero-order chi connectivity index (χ0) is 15.3. The van der Waals surface area contributed by atoms with Crippen LogP contribution in [0.15, 0.2) is 24.5 Å². The van der Waals surface area contributed by atoms with Crippen molar-refractivity contribution < 1.29 is 0 Å². The van der Waals surface area contributed by atoms with Crippen LogP contribution in [0.5, 0.6) is 0 Å². The van der Waals surface area contributed by atoms with Gasteiger partial charge in [-0.05, 0) is 67.8 Å². The van der Waals surface area contributed by atoms with Gasteiger partial charge in [0.1, 0.15) is 6.33 Å². The van der Waals surface area contributed by atoms with Crippen molar-refractivity contribution in [2.45, 2.75) is 33.6 Å². The molecule has 0 aliphatic rings. The summed E-state index contributed by atoms with van der Waals surface area (Å²) in [7, 11) is 0. The average molecular weight is 284 g/mol. The van der Waals surface area contributed by atoms with Gasteiger partial charge in [-0.25, -0.2) is 4.68 Å². The van der Waals surface area contributed by atoms with E-state index in [0.717, 1.165) is 36.3 Å². The maximum Gasteiger partial charge on any atom is 0.143 e. The predicted molar refractivity (Wildman–Crippen MR) is 81.0 cm³/mol. The van der Waals surface area contributed by atoms with Gasteiger partial charge >= 0.3 is 0 Å². The summed E-state index contributed by atoms with van der Waals surface area (Å²) in [6, 6.07) is 8.41. The predicted octanol–water partition coefficient (Wildman–Crippen LogP) is 2.71. The fraction of sp³-hybridized carbons (Fsp3) is 0.467. The lowest BCUT2D eigenvalue weighted by atomic mass is 9.90. The van der Waals surface area contributed by atoms with Gasteiger partial charge in [0, 0.05) is 12.2 Å². The second-order valence-corrected chi connectivity index (χ2v) is 5.78. The third-order valence-corrected chi connectivity index (χ3v) is 3.40. The Labute approximate surface area is 124 Å². The molecule has 0 saturated carbocycles. The number of benzene rings is 1. The highest BCUT2D eigenvalue weighted by molar-refractivity contribution is 5.53. The van der Waals surface area contributed by atoms with E-state index in [1.807, 2.05) is 32.9 Å². The Morgan fingerprint density at radius 2 is 2.19 bits per heavy atom. The zero-order valence-corrected chi connectivity index (χ0v) is 12.7. The summed E-state index contributed by atoms with van der Waals surface area (Å²) in [5, 5.41) is 23.5. The number of tetrazole rings is 1. The fourth-order valence-electron chi connectivity index (χ4n) is 2.11. The third-order valence-electron chi connectivity index (χ3n) is 3.40. The molecule has 0 aliphatic heterocycles. The van der Waals surface area contributed by atoms with Gasteiger partial charge in [0.2, 0.25) is 0 Å². The van der Waals surface area contributed by atoms with Crippen LogP contribution >= 0.6 is 0 Å². The number of aromatic nitrogens is 4. The summed E-state index contributed by atoms with van der Waals surface area (Å²) < 4.78 is 1.65. The van der Waals surface area contributed by atoms with Crippen molar-refractivity contribution in [3.05, 3.63) is 30.1 Å². The lowest BCUT2D eigenvalue weighted by molar-refractivity contribution is 0.441. The molecule has 0 aliphatic carbocycles. The smallest absolute Gasteiger partial charge is 0.143 e. The number of aryl methyl sites for hydroxylation is 1. The minimum absolute atomic E-state index is 0.248. The van der Waals surface area contributed by atoms with E-state index in [0.29, 0.717) is 0 Å². The van der Waals surface area contributed by atoms with Gasteiger partial charge in [-0.3, -0.25) is 0 Å². The molecule has 0 radical (unpaired) electrons. The quantitative estimate of drug-likeness (QED) is 0.825. The topological polar surface area (TPSA) is 79.4 Å². The minimum Gasteiger partial charge on any atom is -0.385 e. The van der Waals surface area contributed by atoms with E-state index in [2.05, 4.69) is 33.0 Å². The largest absolute Gasteiger partial charge is 0.385 e. The monoisotopic (exact) mass is 284 g/mol. The van der Waals surface area contributed by atoms with Crippen LogP contribution in [0.3, 0.4) is 0 Å². The van der Waals surface area contributed by atoms with E-state index in [9.17, 15) is 0 Å². The van der Waals surface area contributed by atoms with Crippen LogP contribution in [-0.4, -0.2) is 26.8 Å². The van der Waals surface area contributed by atoms with Crippen molar-refractivity contribution in [1.29, 1.82) is 5.26 Å². The molecule has 0 fully saturated rings. The number of nitrogens with zero attached hydrogens (tertiary/aromatic N) is 5. The maximum atomic E-state index is 8.98. The number of hydrogen-bond donors (Lipinski definition) is 1. The second-order valence-electron chi connectivity index (χ2n) is 5.78. The first-order valence-electron chi connectivity index (χ1n) is 7.01. The van der Waals surface area contributed by atoms with Crippen LogP contribution in [0, 0.1) is 23.7 Å². The van der Waals surface area contributed by atoms with Crippen LogP contribution < -0.4 is 5.32 Å². The summed E-state index contributed by atoms with van der Waals surface area (Å²) >= 11 is 0. The molecule has 0 spiro atoms. The molecule has 1 N–H and O–H groups in total. The second kappa shape index (κ2) is 6.35. The van der Waals surface area contributed by atoms with Gasteiger partial charge in [0.25, 0.3) is 0 Å². The highest BCUT2D eigenvalue weighted by Gasteiger charge is 2.15. The summed E-state index contributed by atoms with van der Waals surface area (Å²) in [6.07, 6.45) is 3.44. The molecule has 0 bridgehead atoms. The molecular weight excluding hydrogens is 264 g/mol. The Balaban J connectivity index is 1.91. The minimum atomic E-state index is -0.248. The van der Waals surface area contributed by atoms with Gasteiger partial charge < -0.3 is 5.32 Å². The van der Waals surface area contributed by atoms with Crippen molar-refractivity contribution in [2.75, 3.05) is 11.9 Å². The van der Waals surface area contributed by atoms with Crippen molar-refractivity contribution in [3.8, 4) is 11.8 Å². The van der Waals surface area contributed by atoms with Crippen LogP contribution in [0.1, 0.15) is 32.3 Å². The van der Waals surface area contributed by atoms with Crippen molar-refractivity contribution in [1.82, 2.24) is 20.2 Å².